The number of imidazole rings is 1. The van der Waals surface area contributed by atoms with Crippen LogP contribution >= 0.6 is 0 Å². The molecule has 0 aliphatic rings. The number of hydrogen-bond donors (Lipinski definition) is 0. The third kappa shape index (κ3) is 1.42. The van der Waals surface area contributed by atoms with Crippen molar-refractivity contribution in [3.05, 3.63) is 22.8 Å². The summed E-state index contributed by atoms with van der Waals surface area (Å²) in [5, 5.41) is 0. The van der Waals surface area contributed by atoms with E-state index in [1.165, 1.54) is 11.1 Å². The molecule has 0 saturated heterocycles. The highest BCUT2D eigenvalue weighted by molar-refractivity contribution is 5.82. The third-order valence-electron chi connectivity index (χ3n) is 3.18. The largest absolute Gasteiger partial charge is 0.325 e. The summed E-state index contributed by atoms with van der Waals surface area (Å²) >= 11 is 0. The van der Waals surface area contributed by atoms with Gasteiger partial charge in [0.2, 0.25) is 0 Å². The standard InChI is InChI=1S/C13H19N3/c1-7(2)16-11(6)15-12-10(5)14-9(4)8(3)13(12)16/h7H,1-6H3. The third-order valence-corrected chi connectivity index (χ3v) is 3.18. The highest BCUT2D eigenvalue weighted by Crippen LogP contribution is 2.26. The Hall–Kier alpha value is -1.38. The van der Waals surface area contributed by atoms with Crippen molar-refractivity contribution in [2.24, 2.45) is 0 Å². The van der Waals surface area contributed by atoms with Crippen LogP contribution in [0.4, 0.5) is 0 Å². The van der Waals surface area contributed by atoms with Crippen LogP contribution in [0.3, 0.4) is 0 Å². The Labute approximate surface area is 96.5 Å². The zero-order valence-electron chi connectivity index (χ0n) is 10.9. The number of aryl methyl sites for hydroxylation is 4. The van der Waals surface area contributed by atoms with E-state index in [-0.39, 0.29) is 0 Å². The maximum absolute atomic E-state index is 4.64. The molecule has 3 heteroatoms. The predicted molar refractivity (Wildman–Crippen MR) is 66.9 cm³/mol. The summed E-state index contributed by atoms with van der Waals surface area (Å²) < 4.78 is 2.30. The lowest BCUT2D eigenvalue weighted by molar-refractivity contribution is 0.599. The molecule has 0 radical (unpaired) electrons. The molecule has 2 aromatic rings. The molecule has 3 nitrogen and oxygen atoms in total. The van der Waals surface area contributed by atoms with Gasteiger partial charge in [-0.3, -0.25) is 4.98 Å². The van der Waals surface area contributed by atoms with Gasteiger partial charge in [-0.25, -0.2) is 4.98 Å². The number of rotatable bonds is 1. The molecule has 0 fully saturated rings. The van der Waals surface area contributed by atoms with Crippen LogP contribution in [0, 0.1) is 27.7 Å². The fourth-order valence-corrected chi connectivity index (χ4v) is 2.35. The van der Waals surface area contributed by atoms with Gasteiger partial charge in [-0.2, -0.15) is 0 Å². The van der Waals surface area contributed by atoms with Gasteiger partial charge in [-0.15, -0.1) is 0 Å². The number of nitrogens with zero attached hydrogens (tertiary/aromatic N) is 3. The van der Waals surface area contributed by atoms with Gasteiger partial charge < -0.3 is 4.57 Å². The van der Waals surface area contributed by atoms with Crippen molar-refractivity contribution >= 4 is 11.0 Å². The molecule has 0 aliphatic heterocycles. The van der Waals surface area contributed by atoms with Crippen molar-refractivity contribution in [1.29, 1.82) is 0 Å². The first kappa shape index (κ1) is 11.1. The van der Waals surface area contributed by atoms with Crippen molar-refractivity contribution in [2.45, 2.75) is 47.6 Å². The van der Waals surface area contributed by atoms with Crippen molar-refractivity contribution in [1.82, 2.24) is 14.5 Å². The Morgan fingerprint density at radius 1 is 0.938 bits per heavy atom. The first-order chi connectivity index (χ1) is 7.43. The molecule has 2 rings (SSSR count). The van der Waals surface area contributed by atoms with E-state index in [4.69, 9.17) is 0 Å². The molecule has 0 N–H and O–H groups in total. The van der Waals surface area contributed by atoms with Crippen molar-refractivity contribution in [3.8, 4) is 0 Å². The summed E-state index contributed by atoms with van der Waals surface area (Å²) in [6.45, 7) is 12.7. The predicted octanol–water partition coefficient (Wildman–Crippen LogP) is 3.25. The highest BCUT2D eigenvalue weighted by atomic mass is 15.1. The zero-order valence-corrected chi connectivity index (χ0v) is 10.9. The molecule has 0 amide bonds. The summed E-state index contributed by atoms with van der Waals surface area (Å²) in [5.41, 5.74) is 5.68. The lowest BCUT2D eigenvalue weighted by Gasteiger charge is -2.13. The van der Waals surface area contributed by atoms with Crippen LogP contribution in [0.25, 0.3) is 11.0 Å². The molecule has 0 atom stereocenters. The minimum absolute atomic E-state index is 0.435. The maximum atomic E-state index is 4.64. The van der Waals surface area contributed by atoms with Gasteiger partial charge in [0, 0.05) is 11.7 Å². The molecule has 0 aliphatic carbocycles. The van der Waals surface area contributed by atoms with Crippen LogP contribution in [0.15, 0.2) is 0 Å². The van der Waals surface area contributed by atoms with Gasteiger partial charge in [-0.1, -0.05) is 0 Å². The molecule has 16 heavy (non-hydrogen) atoms. The van der Waals surface area contributed by atoms with Gasteiger partial charge in [0.05, 0.1) is 11.2 Å². The number of pyridine rings is 1. The molecule has 2 aromatic heterocycles. The fraction of sp³-hybridized carbons (Fsp3) is 0.538. The zero-order chi connectivity index (χ0) is 12.0. The minimum Gasteiger partial charge on any atom is -0.325 e. The van der Waals surface area contributed by atoms with E-state index in [2.05, 4.69) is 49.2 Å². The van der Waals surface area contributed by atoms with Crippen molar-refractivity contribution < 1.29 is 0 Å². The number of aromatic nitrogens is 3. The Morgan fingerprint density at radius 3 is 2.12 bits per heavy atom. The van der Waals surface area contributed by atoms with E-state index in [1.54, 1.807) is 0 Å². The Bertz CT molecular complexity index is 550. The second-order valence-electron chi connectivity index (χ2n) is 4.73. The van der Waals surface area contributed by atoms with Gasteiger partial charge in [0.15, 0.2) is 0 Å². The molecule has 0 bridgehead atoms. The summed E-state index contributed by atoms with van der Waals surface area (Å²) in [6, 6.07) is 0.435. The maximum Gasteiger partial charge on any atom is 0.110 e. The van der Waals surface area contributed by atoms with E-state index in [0.29, 0.717) is 6.04 Å². The van der Waals surface area contributed by atoms with E-state index >= 15 is 0 Å². The summed E-state index contributed by atoms with van der Waals surface area (Å²) in [6.07, 6.45) is 0. The monoisotopic (exact) mass is 217 g/mol. The van der Waals surface area contributed by atoms with E-state index in [0.717, 1.165) is 22.7 Å². The normalized spacial score (nSPS) is 11.7. The second-order valence-corrected chi connectivity index (χ2v) is 4.73. The minimum atomic E-state index is 0.435. The average Bonchev–Trinajstić information content (AvgIpc) is 2.53. The van der Waals surface area contributed by atoms with Gasteiger partial charge >= 0.3 is 0 Å². The summed E-state index contributed by atoms with van der Waals surface area (Å²) in [4.78, 5) is 9.18. The molecule has 2 heterocycles. The van der Waals surface area contributed by atoms with Crippen LogP contribution in [-0.4, -0.2) is 14.5 Å². The lowest BCUT2D eigenvalue weighted by atomic mass is 10.1. The molecule has 0 aromatic carbocycles. The van der Waals surface area contributed by atoms with Gasteiger partial charge in [0.1, 0.15) is 11.3 Å². The Kier molecular flexibility index (Phi) is 2.49. The SMILES string of the molecule is Cc1nc(C)c2nc(C)n(C(C)C)c2c1C. The van der Waals surface area contributed by atoms with Gasteiger partial charge in [0.25, 0.3) is 0 Å². The Morgan fingerprint density at radius 2 is 1.56 bits per heavy atom. The van der Waals surface area contributed by atoms with Crippen LogP contribution in [0.1, 0.15) is 42.7 Å². The first-order valence-electron chi connectivity index (χ1n) is 5.75. The van der Waals surface area contributed by atoms with Crippen LogP contribution in [0.2, 0.25) is 0 Å². The molecule has 86 valence electrons. The number of hydrogen-bond acceptors (Lipinski definition) is 2. The van der Waals surface area contributed by atoms with Crippen LogP contribution in [-0.2, 0) is 0 Å². The lowest BCUT2D eigenvalue weighted by Crippen LogP contribution is -2.05. The number of fused-ring (bicyclic) bond motifs is 1. The average molecular weight is 217 g/mol. The molecular formula is C13H19N3. The summed E-state index contributed by atoms with van der Waals surface area (Å²) in [7, 11) is 0. The smallest absolute Gasteiger partial charge is 0.110 e. The van der Waals surface area contributed by atoms with Crippen LogP contribution in [0.5, 0.6) is 0 Å². The topological polar surface area (TPSA) is 30.7 Å². The fourth-order valence-electron chi connectivity index (χ4n) is 2.35. The molecule has 0 spiro atoms. The first-order valence-corrected chi connectivity index (χ1v) is 5.75. The molecule has 0 unspecified atom stereocenters. The quantitative estimate of drug-likeness (QED) is 0.734. The van der Waals surface area contributed by atoms with E-state index < -0.39 is 0 Å². The highest BCUT2D eigenvalue weighted by Gasteiger charge is 2.16. The van der Waals surface area contributed by atoms with Crippen LogP contribution < -0.4 is 0 Å². The second kappa shape index (κ2) is 3.58. The summed E-state index contributed by atoms with van der Waals surface area (Å²) in [5.74, 6) is 1.07. The van der Waals surface area contributed by atoms with E-state index in [9.17, 15) is 0 Å². The van der Waals surface area contributed by atoms with Crippen molar-refractivity contribution in [3.63, 3.8) is 0 Å². The molecular weight excluding hydrogens is 198 g/mol. The Balaban J connectivity index is 2.97. The molecule has 0 saturated carbocycles. The van der Waals surface area contributed by atoms with E-state index in [1.807, 2.05) is 6.92 Å². The van der Waals surface area contributed by atoms with Crippen molar-refractivity contribution in [2.75, 3.05) is 0 Å². The van der Waals surface area contributed by atoms with Gasteiger partial charge in [-0.05, 0) is 47.1 Å².